The molecule has 3 aromatic rings. The summed E-state index contributed by atoms with van der Waals surface area (Å²) in [4.78, 5) is 8.75. The van der Waals surface area contributed by atoms with Gasteiger partial charge in [-0.15, -0.1) is 0 Å². The minimum absolute atomic E-state index is 0.161. The number of benzene rings is 1. The number of aliphatic hydroxyl groups is 1. The molecule has 0 saturated heterocycles. The summed E-state index contributed by atoms with van der Waals surface area (Å²) in [6.07, 6.45) is 1.01. The van der Waals surface area contributed by atoms with Crippen LogP contribution in [0.3, 0.4) is 0 Å². The van der Waals surface area contributed by atoms with Crippen LogP contribution in [0, 0.1) is 13.8 Å². The Morgan fingerprint density at radius 1 is 1.32 bits per heavy atom. The molecular formula is C17H20ClN5O2. The molecule has 0 aliphatic carbocycles. The van der Waals surface area contributed by atoms with Crippen molar-refractivity contribution in [3.63, 3.8) is 0 Å². The third-order valence-corrected chi connectivity index (χ3v) is 4.20. The van der Waals surface area contributed by atoms with Gasteiger partial charge in [0.05, 0.1) is 11.6 Å². The number of aromatic nitrogens is 4. The van der Waals surface area contributed by atoms with E-state index >= 15 is 0 Å². The third kappa shape index (κ3) is 4.00. The fraction of sp³-hybridized carbons (Fsp3) is 0.353. The number of ether oxygens (including phenoxy) is 1. The van der Waals surface area contributed by atoms with E-state index in [0.717, 1.165) is 16.6 Å². The van der Waals surface area contributed by atoms with Crippen LogP contribution in [0.25, 0.3) is 11.0 Å². The number of aryl methyl sites for hydroxylation is 3. The highest BCUT2D eigenvalue weighted by Crippen LogP contribution is 2.21. The van der Waals surface area contributed by atoms with Gasteiger partial charge >= 0.3 is 0 Å². The van der Waals surface area contributed by atoms with E-state index in [9.17, 15) is 5.11 Å². The summed E-state index contributed by atoms with van der Waals surface area (Å²) in [5.74, 6) is 1.96. The van der Waals surface area contributed by atoms with E-state index in [1.54, 1.807) is 23.0 Å². The van der Waals surface area contributed by atoms with Crippen LogP contribution >= 0.6 is 11.6 Å². The molecule has 0 bridgehead atoms. The maximum Gasteiger partial charge on any atom is 0.163 e. The standard InChI is InChI=1S/C17H20ClN5O2/c1-10-6-13(4-5-15(10)18)25-9-12(24)7-19-16-14-8-20-23(3)17(14)22-11(2)21-16/h4-6,8,12,24H,7,9H2,1-3H3,(H,19,21,22)/t12-/m1/s1. The van der Waals surface area contributed by atoms with Crippen molar-refractivity contribution in [3.05, 3.63) is 40.8 Å². The predicted octanol–water partition coefficient (Wildman–Crippen LogP) is 2.49. The van der Waals surface area contributed by atoms with E-state index in [4.69, 9.17) is 16.3 Å². The van der Waals surface area contributed by atoms with Crippen molar-refractivity contribution in [1.82, 2.24) is 19.7 Å². The van der Waals surface area contributed by atoms with Crippen molar-refractivity contribution >= 4 is 28.5 Å². The molecule has 1 aromatic carbocycles. The van der Waals surface area contributed by atoms with Gasteiger partial charge in [0.25, 0.3) is 0 Å². The third-order valence-electron chi connectivity index (χ3n) is 3.78. The van der Waals surface area contributed by atoms with E-state index in [2.05, 4.69) is 20.4 Å². The van der Waals surface area contributed by atoms with Gasteiger partial charge in [0, 0.05) is 18.6 Å². The van der Waals surface area contributed by atoms with Gasteiger partial charge in [-0.1, -0.05) is 11.6 Å². The fourth-order valence-corrected chi connectivity index (χ4v) is 2.56. The zero-order valence-corrected chi connectivity index (χ0v) is 15.1. The van der Waals surface area contributed by atoms with Crippen LogP contribution in [0.5, 0.6) is 5.75 Å². The quantitative estimate of drug-likeness (QED) is 0.701. The lowest BCUT2D eigenvalue weighted by molar-refractivity contribution is 0.117. The average Bonchev–Trinajstić information content (AvgIpc) is 2.95. The molecular weight excluding hydrogens is 342 g/mol. The number of hydrogen-bond acceptors (Lipinski definition) is 6. The molecule has 0 saturated carbocycles. The topological polar surface area (TPSA) is 85.1 Å². The van der Waals surface area contributed by atoms with E-state index < -0.39 is 6.10 Å². The highest BCUT2D eigenvalue weighted by atomic mass is 35.5. The van der Waals surface area contributed by atoms with Crippen molar-refractivity contribution in [2.24, 2.45) is 7.05 Å². The fourth-order valence-electron chi connectivity index (χ4n) is 2.44. The molecule has 0 aliphatic heterocycles. The summed E-state index contributed by atoms with van der Waals surface area (Å²) >= 11 is 5.99. The van der Waals surface area contributed by atoms with Crippen molar-refractivity contribution < 1.29 is 9.84 Å². The number of nitrogens with zero attached hydrogens (tertiary/aromatic N) is 4. The monoisotopic (exact) mass is 361 g/mol. The maximum absolute atomic E-state index is 10.2. The van der Waals surface area contributed by atoms with Crippen LogP contribution in [-0.2, 0) is 7.05 Å². The molecule has 2 heterocycles. The molecule has 0 amide bonds. The molecule has 0 spiro atoms. The normalized spacial score (nSPS) is 12.4. The zero-order valence-electron chi connectivity index (χ0n) is 14.3. The lowest BCUT2D eigenvalue weighted by Gasteiger charge is -2.14. The number of aliphatic hydroxyl groups excluding tert-OH is 1. The molecule has 0 radical (unpaired) electrons. The molecule has 2 N–H and O–H groups in total. The molecule has 1 atom stereocenters. The van der Waals surface area contributed by atoms with Gasteiger partial charge in [-0.3, -0.25) is 4.68 Å². The van der Waals surface area contributed by atoms with E-state index in [1.807, 2.05) is 27.0 Å². The largest absolute Gasteiger partial charge is 0.491 e. The molecule has 25 heavy (non-hydrogen) atoms. The first kappa shape index (κ1) is 17.4. The second-order valence-corrected chi connectivity index (χ2v) is 6.29. The van der Waals surface area contributed by atoms with Gasteiger partial charge in [0.1, 0.15) is 30.1 Å². The summed E-state index contributed by atoms with van der Waals surface area (Å²) in [7, 11) is 1.83. The smallest absolute Gasteiger partial charge is 0.163 e. The number of nitrogens with one attached hydrogen (secondary N) is 1. The second kappa shape index (κ2) is 7.25. The van der Waals surface area contributed by atoms with Crippen LogP contribution in [0.1, 0.15) is 11.4 Å². The van der Waals surface area contributed by atoms with Crippen molar-refractivity contribution in [2.45, 2.75) is 20.0 Å². The van der Waals surface area contributed by atoms with Crippen molar-refractivity contribution in [2.75, 3.05) is 18.5 Å². The van der Waals surface area contributed by atoms with E-state index in [-0.39, 0.29) is 6.61 Å². The van der Waals surface area contributed by atoms with Crippen LogP contribution in [0.15, 0.2) is 24.4 Å². The van der Waals surface area contributed by atoms with Crippen molar-refractivity contribution in [1.29, 1.82) is 0 Å². The molecule has 7 nitrogen and oxygen atoms in total. The Morgan fingerprint density at radius 3 is 2.88 bits per heavy atom. The highest BCUT2D eigenvalue weighted by Gasteiger charge is 2.12. The lowest BCUT2D eigenvalue weighted by Crippen LogP contribution is -2.26. The van der Waals surface area contributed by atoms with Crippen LogP contribution in [0.4, 0.5) is 5.82 Å². The minimum atomic E-state index is -0.696. The molecule has 0 fully saturated rings. The molecule has 0 unspecified atom stereocenters. The molecule has 132 valence electrons. The Labute approximate surface area is 150 Å². The molecule has 3 rings (SSSR count). The number of hydrogen-bond donors (Lipinski definition) is 2. The van der Waals surface area contributed by atoms with Crippen LogP contribution < -0.4 is 10.1 Å². The van der Waals surface area contributed by atoms with Crippen LogP contribution in [0.2, 0.25) is 5.02 Å². The minimum Gasteiger partial charge on any atom is -0.491 e. The van der Waals surface area contributed by atoms with Gasteiger partial charge in [0.2, 0.25) is 0 Å². The van der Waals surface area contributed by atoms with Gasteiger partial charge < -0.3 is 15.2 Å². The Hall–Kier alpha value is -2.38. The number of anilines is 1. The Balaban J connectivity index is 1.60. The Kier molecular flexibility index (Phi) is 5.06. The SMILES string of the molecule is Cc1nc(NC[C@@H](O)COc2ccc(Cl)c(C)c2)c2cnn(C)c2n1. The van der Waals surface area contributed by atoms with Gasteiger partial charge in [-0.25, -0.2) is 9.97 Å². The zero-order chi connectivity index (χ0) is 18.0. The first-order valence-corrected chi connectivity index (χ1v) is 8.29. The van der Waals surface area contributed by atoms with Gasteiger partial charge in [-0.2, -0.15) is 5.10 Å². The summed E-state index contributed by atoms with van der Waals surface area (Å²) in [6, 6.07) is 5.40. The Bertz CT molecular complexity index is 896. The van der Waals surface area contributed by atoms with E-state index in [0.29, 0.717) is 29.0 Å². The molecule has 8 heteroatoms. The number of halogens is 1. The number of rotatable bonds is 6. The summed E-state index contributed by atoms with van der Waals surface area (Å²) < 4.78 is 7.30. The summed E-state index contributed by atoms with van der Waals surface area (Å²) in [6.45, 7) is 4.19. The summed E-state index contributed by atoms with van der Waals surface area (Å²) in [5, 5.41) is 19.0. The molecule has 0 aliphatic rings. The van der Waals surface area contributed by atoms with E-state index in [1.165, 1.54) is 0 Å². The van der Waals surface area contributed by atoms with Crippen molar-refractivity contribution in [3.8, 4) is 5.75 Å². The first-order valence-electron chi connectivity index (χ1n) is 7.91. The summed E-state index contributed by atoms with van der Waals surface area (Å²) in [5.41, 5.74) is 1.68. The predicted molar refractivity (Wildman–Crippen MR) is 97.2 cm³/mol. The van der Waals surface area contributed by atoms with Gasteiger partial charge in [0.15, 0.2) is 5.65 Å². The van der Waals surface area contributed by atoms with Crippen LogP contribution in [-0.4, -0.2) is 44.1 Å². The lowest BCUT2D eigenvalue weighted by atomic mass is 10.2. The second-order valence-electron chi connectivity index (χ2n) is 5.88. The average molecular weight is 362 g/mol. The maximum atomic E-state index is 10.2. The van der Waals surface area contributed by atoms with Gasteiger partial charge in [-0.05, 0) is 37.6 Å². The number of fused-ring (bicyclic) bond motifs is 1. The first-order chi connectivity index (χ1) is 11.9. The highest BCUT2D eigenvalue weighted by molar-refractivity contribution is 6.31. The Morgan fingerprint density at radius 2 is 2.12 bits per heavy atom. The molecule has 2 aromatic heterocycles.